The number of hydrogen-bond donors (Lipinski definition) is 4. The Balaban J connectivity index is 2.01. The predicted octanol–water partition coefficient (Wildman–Crippen LogP) is 2.39. The van der Waals surface area contributed by atoms with Crippen LogP contribution in [0.1, 0.15) is 23.3 Å². The Morgan fingerprint density at radius 3 is 2.00 bits per heavy atom. The maximum atomic E-state index is 10.5. The summed E-state index contributed by atoms with van der Waals surface area (Å²) in [5.74, 6) is 0. The zero-order valence-electron chi connectivity index (χ0n) is 12.7. The predicted molar refractivity (Wildman–Crippen MR) is 92.1 cm³/mol. The van der Waals surface area contributed by atoms with Crippen LogP contribution < -0.4 is 0 Å². The maximum Gasteiger partial charge on any atom is 0.113 e. The monoisotopic (exact) mass is 324 g/mol. The summed E-state index contributed by atoms with van der Waals surface area (Å²) >= 11 is 0. The van der Waals surface area contributed by atoms with E-state index in [0.717, 1.165) is 32.3 Å². The lowest BCUT2D eigenvalue weighted by atomic mass is 9.91. The van der Waals surface area contributed by atoms with Crippen molar-refractivity contribution in [3.63, 3.8) is 0 Å². The van der Waals surface area contributed by atoms with Gasteiger partial charge in [0.1, 0.15) is 24.4 Å². The van der Waals surface area contributed by atoms with Crippen molar-refractivity contribution in [1.29, 1.82) is 0 Å². The average Bonchev–Trinajstić information content (AvgIpc) is 2.62. The minimum Gasteiger partial charge on any atom is -0.387 e. The molecule has 0 radical (unpaired) electrons. The molecule has 4 aromatic carbocycles. The first-order valence-electron chi connectivity index (χ1n) is 8.00. The van der Waals surface area contributed by atoms with E-state index in [9.17, 15) is 20.4 Å². The third kappa shape index (κ3) is 1.61. The Kier molecular flexibility index (Phi) is 2.74. The smallest absolute Gasteiger partial charge is 0.113 e. The molecule has 0 unspecified atom stereocenters. The molecule has 0 aromatic heterocycles. The number of aliphatic hydroxyl groups excluding tert-OH is 4. The molecule has 0 aliphatic heterocycles. The lowest BCUT2D eigenvalue weighted by Crippen LogP contribution is -2.41. The fourth-order valence-corrected chi connectivity index (χ4v) is 4.16. The molecule has 4 aromatic rings. The standard InChI is InChI=1S/C20H16O4/c21-17-13-8-11-5-4-9-2-1-3-10-6-7-12(15(11)14(9)10)16(13)18(22)20(24)19(17)23/h1-8,17-24H/t17-,18-,19+,20+/m1/s1/i17+1,18+1,19+1,20+1. The minimum atomic E-state index is -1.41. The molecular weight excluding hydrogens is 308 g/mol. The number of benzene rings is 4. The van der Waals surface area contributed by atoms with Crippen molar-refractivity contribution < 1.29 is 20.4 Å². The quantitative estimate of drug-likeness (QED) is 0.296. The Morgan fingerprint density at radius 2 is 1.25 bits per heavy atom. The van der Waals surface area contributed by atoms with Gasteiger partial charge in [-0.3, -0.25) is 0 Å². The van der Waals surface area contributed by atoms with Gasteiger partial charge in [-0.05, 0) is 49.5 Å². The van der Waals surface area contributed by atoms with Gasteiger partial charge in [0.05, 0.1) is 0 Å². The summed E-state index contributed by atoms with van der Waals surface area (Å²) < 4.78 is 0. The van der Waals surface area contributed by atoms with E-state index in [1.807, 2.05) is 48.5 Å². The molecule has 1 aliphatic rings. The molecule has 4 atom stereocenters. The van der Waals surface area contributed by atoms with Gasteiger partial charge in [-0.1, -0.05) is 42.5 Å². The first-order chi connectivity index (χ1) is 11.6. The molecule has 0 fully saturated rings. The highest BCUT2D eigenvalue weighted by Gasteiger charge is 2.41. The van der Waals surface area contributed by atoms with Crippen LogP contribution in [-0.4, -0.2) is 32.6 Å². The summed E-state index contributed by atoms with van der Waals surface area (Å²) in [5, 5.41) is 47.1. The third-order valence-electron chi connectivity index (χ3n) is 5.33. The van der Waals surface area contributed by atoms with Crippen LogP contribution in [0.5, 0.6) is 0 Å². The molecule has 0 amide bonds. The molecular formula is C20H16O4. The molecule has 0 saturated heterocycles. The van der Waals surface area contributed by atoms with Gasteiger partial charge in [-0.25, -0.2) is 0 Å². The number of rotatable bonds is 0. The van der Waals surface area contributed by atoms with E-state index in [4.69, 9.17) is 0 Å². The lowest BCUT2D eigenvalue weighted by Gasteiger charge is -2.35. The second-order valence-electron chi connectivity index (χ2n) is 6.61. The summed E-state index contributed by atoms with van der Waals surface area (Å²) in [4.78, 5) is 0. The largest absolute Gasteiger partial charge is 0.387 e. The van der Waals surface area contributed by atoms with Crippen molar-refractivity contribution in [2.45, 2.75) is 24.4 Å². The van der Waals surface area contributed by atoms with Gasteiger partial charge in [0, 0.05) is 0 Å². The molecule has 0 saturated carbocycles. The fraction of sp³-hybridized carbons (Fsp3) is 0.200. The van der Waals surface area contributed by atoms with Crippen molar-refractivity contribution in [3.8, 4) is 0 Å². The lowest BCUT2D eigenvalue weighted by molar-refractivity contribution is -0.119. The molecule has 1 aliphatic carbocycles. The van der Waals surface area contributed by atoms with E-state index in [1.165, 1.54) is 0 Å². The van der Waals surface area contributed by atoms with Crippen LogP contribution in [-0.2, 0) is 0 Å². The molecule has 0 spiro atoms. The molecule has 5 rings (SSSR count). The number of hydrogen-bond acceptors (Lipinski definition) is 4. The highest BCUT2D eigenvalue weighted by molar-refractivity contribution is 6.23. The average molecular weight is 324 g/mol. The second kappa shape index (κ2) is 4.65. The molecule has 120 valence electrons. The van der Waals surface area contributed by atoms with E-state index in [0.29, 0.717) is 11.1 Å². The zero-order valence-corrected chi connectivity index (χ0v) is 12.7. The topological polar surface area (TPSA) is 80.9 Å². The van der Waals surface area contributed by atoms with Crippen LogP contribution in [0.15, 0.2) is 48.5 Å². The van der Waals surface area contributed by atoms with Crippen molar-refractivity contribution >= 4 is 32.3 Å². The molecule has 4 N–H and O–H groups in total. The fourth-order valence-electron chi connectivity index (χ4n) is 4.16. The van der Waals surface area contributed by atoms with Crippen molar-refractivity contribution in [1.82, 2.24) is 0 Å². The van der Waals surface area contributed by atoms with E-state index in [-0.39, 0.29) is 0 Å². The number of fused-ring (bicyclic) bond motifs is 2. The van der Waals surface area contributed by atoms with Crippen LogP contribution in [0, 0.1) is 0 Å². The summed E-state index contributed by atoms with van der Waals surface area (Å²) in [6.07, 6.45) is -5.27. The summed E-state index contributed by atoms with van der Waals surface area (Å²) in [5.41, 5.74) is 0.984. The van der Waals surface area contributed by atoms with Crippen LogP contribution in [0.2, 0.25) is 0 Å². The van der Waals surface area contributed by atoms with E-state index in [1.54, 1.807) is 0 Å². The normalized spacial score (nSPS) is 27.2. The molecule has 4 nitrogen and oxygen atoms in total. The van der Waals surface area contributed by atoms with Gasteiger partial charge in [0.15, 0.2) is 0 Å². The molecule has 4 heteroatoms. The SMILES string of the molecule is O[13C@@H]1[13C@@H](O)[13C@H](O)c2c(cc3ccc4cccc5ccc2c3c45)[13C@H]1O. The highest BCUT2D eigenvalue weighted by atomic mass is 16.5. The molecule has 0 bridgehead atoms. The third-order valence-corrected chi connectivity index (χ3v) is 5.33. The van der Waals surface area contributed by atoms with Gasteiger partial charge in [0.25, 0.3) is 0 Å². The summed E-state index contributed by atoms with van der Waals surface area (Å²) in [6.45, 7) is 0. The Hall–Kier alpha value is -2.24. The maximum absolute atomic E-state index is 10.5. The van der Waals surface area contributed by atoms with Crippen LogP contribution in [0.25, 0.3) is 32.3 Å². The van der Waals surface area contributed by atoms with E-state index in [2.05, 4.69) is 0 Å². The van der Waals surface area contributed by atoms with Crippen molar-refractivity contribution in [2.75, 3.05) is 0 Å². The van der Waals surface area contributed by atoms with Gasteiger partial charge >= 0.3 is 0 Å². The van der Waals surface area contributed by atoms with Crippen LogP contribution in [0.4, 0.5) is 0 Å². The van der Waals surface area contributed by atoms with Gasteiger partial charge < -0.3 is 20.4 Å². The summed E-state index contributed by atoms with van der Waals surface area (Å²) in [7, 11) is 0. The zero-order chi connectivity index (χ0) is 16.6. The molecule has 0 heterocycles. The Bertz CT molecular complexity index is 1070. The summed E-state index contributed by atoms with van der Waals surface area (Å²) in [6, 6.07) is 15.8. The Morgan fingerprint density at radius 1 is 0.625 bits per heavy atom. The highest BCUT2D eigenvalue weighted by Crippen LogP contribution is 2.45. The van der Waals surface area contributed by atoms with Crippen molar-refractivity contribution in [3.05, 3.63) is 59.7 Å². The van der Waals surface area contributed by atoms with Crippen molar-refractivity contribution in [2.24, 2.45) is 0 Å². The minimum absolute atomic E-state index is 0.478. The Labute approximate surface area is 137 Å². The molecule has 24 heavy (non-hydrogen) atoms. The van der Waals surface area contributed by atoms with Crippen LogP contribution >= 0.6 is 0 Å². The first kappa shape index (κ1) is 14.1. The van der Waals surface area contributed by atoms with Gasteiger partial charge in [-0.2, -0.15) is 0 Å². The van der Waals surface area contributed by atoms with Gasteiger partial charge in [0.2, 0.25) is 0 Å². The van der Waals surface area contributed by atoms with Gasteiger partial charge in [-0.15, -0.1) is 0 Å². The van der Waals surface area contributed by atoms with Crippen LogP contribution in [0.3, 0.4) is 0 Å². The van der Waals surface area contributed by atoms with E-state index >= 15 is 0 Å². The first-order valence-corrected chi connectivity index (χ1v) is 8.00. The number of aliphatic hydroxyl groups is 4. The van der Waals surface area contributed by atoms with E-state index < -0.39 is 24.4 Å². The second-order valence-corrected chi connectivity index (χ2v) is 6.61.